The highest BCUT2D eigenvalue weighted by molar-refractivity contribution is 5.32. The minimum Gasteiger partial charge on any atom is -0.485 e. The van der Waals surface area contributed by atoms with Gasteiger partial charge >= 0.3 is 0 Å². The fourth-order valence-electron chi connectivity index (χ4n) is 1.41. The summed E-state index contributed by atoms with van der Waals surface area (Å²) < 4.78 is 10.5. The second kappa shape index (κ2) is 5.45. The van der Waals surface area contributed by atoms with Crippen LogP contribution in [0.5, 0.6) is 5.75 Å². The van der Waals surface area contributed by atoms with Gasteiger partial charge in [-0.25, -0.2) is 0 Å². The van der Waals surface area contributed by atoms with Crippen LogP contribution >= 0.6 is 0 Å². The zero-order chi connectivity index (χ0) is 12.1. The van der Waals surface area contributed by atoms with Gasteiger partial charge in [0.2, 0.25) is 11.7 Å². The highest BCUT2D eigenvalue weighted by Gasteiger charge is 2.06. The Morgan fingerprint density at radius 2 is 2.18 bits per heavy atom. The fraction of sp³-hybridized carbons (Fsp3) is 0.333. The quantitative estimate of drug-likeness (QED) is 0.852. The van der Waals surface area contributed by atoms with E-state index in [1.165, 1.54) is 0 Å². The number of aliphatic hydroxyl groups excluding tert-OH is 1. The van der Waals surface area contributed by atoms with Crippen LogP contribution in [0.3, 0.4) is 0 Å². The topological polar surface area (TPSA) is 68.4 Å². The number of para-hydroxylation sites is 1. The first-order valence-electron chi connectivity index (χ1n) is 5.46. The van der Waals surface area contributed by atoms with E-state index in [1.807, 2.05) is 25.1 Å². The van der Waals surface area contributed by atoms with E-state index in [0.717, 1.165) is 5.56 Å². The maximum absolute atomic E-state index is 9.13. The van der Waals surface area contributed by atoms with Crippen molar-refractivity contribution in [1.82, 2.24) is 10.1 Å². The van der Waals surface area contributed by atoms with Crippen molar-refractivity contribution < 1.29 is 14.4 Å². The number of benzene rings is 1. The number of rotatable bonds is 5. The lowest BCUT2D eigenvalue weighted by Crippen LogP contribution is -2.00. The predicted molar refractivity (Wildman–Crippen MR) is 60.4 cm³/mol. The Morgan fingerprint density at radius 1 is 1.35 bits per heavy atom. The van der Waals surface area contributed by atoms with Gasteiger partial charge in [0, 0.05) is 12.0 Å². The molecule has 2 rings (SSSR count). The molecule has 0 atom stereocenters. The van der Waals surface area contributed by atoms with E-state index < -0.39 is 0 Å². The van der Waals surface area contributed by atoms with Gasteiger partial charge in [-0.3, -0.25) is 0 Å². The van der Waals surface area contributed by atoms with E-state index in [-0.39, 0.29) is 13.2 Å². The number of aliphatic hydroxyl groups is 1. The lowest BCUT2D eigenvalue weighted by molar-refractivity contribution is 0.253. The van der Waals surface area contributed by atoms with Gasteiger partial charge in [-0.1, -0.05) is 30.3 Å². The molecule has 0 fully saturated rings. The summed E-state index contributed by atoms with van der Waals surface area (Å²) in [7, 11) is 0. The molecule has 1 aromatic heterocycles. The molecule has 0 radical (unpaired) electrons. The average Bonchev–Trinajstić information content (AvgIpc) is 2.84. The van der Waals surface area contributed by atoms with Crippen LogP contribution in [0.25, 0.3) is 0 Å². The second-order valence-corrected chi connectivity index (χ2v) is 3.51. The number of aromatic nitrogens is 2. The molecule has 0 amide bonds. The summed E-state index contributed by atoms with van der Waals surface area (Å²) in [5.41, 5.74) is 0.742. The van der Waals surface area contributed by atoms with E-state index in [4.69, 9.17) is 14.4 Å². The SMILES string of the molecule is CCc1nc(COc2ccccc2CO)no1. The van der Waals surface area contributed by atoms with Gasteiger partial charge in [0.05, 0.1) is 6.61 Å². The number of nitrogens with zero attached hydrogens (tertiary/aromatic N) is 2. The molecule has 1 aromatic carbocycles. The van der Waals surface area contributed by atoms with Crippen LogP contribution in [0.4, 0.5) is 0 Å². The van der Waals surface area contributed by atoms with Crippen molar-refractivity contribution in [3.63, 3.8) is 0 Å². The smallest absolute Gasteiger partial charge is 0.226 e. The molecule has 5 heteroatoms. The van der Waals surface area contributed by atoms with E-state index in [0.29, 0.717) is 23.9 Å². The molecule has 17 heavy (non-hydrogen) atoms. The lowest BCUT2D eigenvalue weighted by Gasteiger charge is -2.07. The fourth-order valence-corrected chi connectivity index (χ4v) is 1.41. The van der Waals surface area contributed by atoms with Crippen molar-refractivity contribution in [1.29, 1.82) is 0 Å². The zero-order valence-electron chi connectivity index (χ0n) is 9.59. The maximum Gasteiger partial charge on any atom is 0.226 e. The molecule has 0 unspecified atom stereocenters. The molecule has 2 aromatic rings. The van der Waals surface area contributed by atoms with Crippen molar-refractivity contribution in [3.05, 3.63) is 41.5 Å². The molecule has 0 bridgehead atoms. The van der Waals surface area contributed by atoms with Gasteiger partial charge in [-0.05, 0) is 6.07 Å². The first-order valence-corrected chi connectivity index (χ1v) is 5.46. The van der Waals surface area contributed by atoms with Crippen LogP contribution in [0.2, 0.25) is 0 Å². The molecule has 0 aliphatic rings. The molecule has 0 saturated carbocycles. The number of ether oxygens (including phenoxy) is 1. The van der Waals surface area contributed by atoms with Gasteiger partial charge in [-0.15, -0.1) is 0 Å². The summed E-state index contributed by atoms with van der Waals surface area (Å²) in [5, 5.41) is 12.9. The molecule has 90 valence electrons. The molecule has 0 aliphatic heterocycles. The third kappa shape index (κ3) is 2.82. The second-order valence-electron chi connectivity index (χ2n) is 3.51. The largest absolute Gasteiger partial charge is 0.485 e. The molecule has 0 saturated heterocycles. The monoisotopic (exact) mass is 234 g/mol. The van der Waals surface area contributed by atoms with Crippen LogP contribution in [-0.2, 0) is 19.6 Å². The standard InChI is InChI=1S/C12H14N2O3/c1-2-12-13-11(14-17-12)8-16-10-6-4-3-5-9(10)7-15/h3-6,15H,2,7-8H2,1H3. The van der Waals surface area contributed by atoms with Crippen LogP contribution in [0.1, 0.15) is 24.2 Å². The first-order chi connectivity index (χ1) is 8.33. The van der Waals surface area contributed by atoms with E-state index >= 15 is 0 Å². The molecular weight excluding hydrogens is 220 g/mol. The molecule has 1 N–H and O–H groups in total. The maximum atomic E-state index is 9.13. The van der Waals surface area contributed by atoms with Crippen LogP contribution in [0, 0.1) is 0 Å². The van der Waals surface area contributed by atoms with Crippen LogP contribution in [0.15, 0.2) is 28.8 Å². The molecule has 1 heterocycles. The van der Waals surface area contributed by atoms with Gasteiger partial charge in [-0.2, -0.15) is 4.98 Å². The summed E-state index contributed by atoms with van der Waals surface area (Å²) in [6.07, 6.45) is 0.709. The third-order valence-electron chi connectivity index (χ3n) is 2.31. The number of aryl methyl sites for hydroxylation is 1. The molecule has 0 aliphatic carbocycles. The minimum atomic E-state index is -0.0529. The van der Waals surface area contributed by atoms with E-state index in [9.17, 15) is 0 Å². The predicted octanol–water partition coefficient (Wildman–Crippen LogP) is 1.70. The molecular formula is C12H14N2O3. The van der Waals surface area contributed by atoms with Gasteiger partial charge in [0.15, 0.2) is 6.61 Å². The van der Waals surface area contributed by atoms with Crippen molar-refractivity contribution in [3.8, 4) is 5.75 Å². The highest BCUT2D eigenvalue weighted by Crippen LogP contribution is 2.18. The normalized spacial score (nSPS) is 10.5. The Hall–Kier alpha value is -1.88. The number of hydrogen-bond acceptors (Lipinski definition) is 5. The zero-order valence-corrected chi connectivity index (χ0v) is 9.59. The van der Waals surface area contributed by atoms with Crippen molar-refractivity contribution in [2.75, 3.05) is 0 Å². The first kappa shape index (κ1) is 11.6. The molecule has 0 spiro atoms. The minimum absolute atomic E-state index is 0.0529. The summed E-state index contributed by atoms with van der Waals surface area (Å²) in [6, 6.07) is 7.31. The van der Waals surface area contributed by atoms with Crippen molar-refractivity contribution in [2.45, 2.75) is 26.6 Å². The summed E-state index contributed by atoms with van der Waals surface area (Å²) >= 11 is 0. The van der Waals surface area contributed by atoms with E-state index in [2.05, 4.69) is 10.1 Å². The Kier molecular flexibility index (Phi) is 3.72. The van der Waals surface area contributed by atoms with Crippen LogP contribution < -0.4 is 4.74 Å². The van der Waals surface area contributed by atoms with Gasteiger partial charge in [0.25, 0.3) is 0 Å². The number of hydrogen-bond donors (Lipinski definition) is 1. The Labute approximate surface area is 99.0 Å². The summed E-state index contributed by atoms with van der Waals surface area (Å²) in [4.78, 5) is 4.13. The molecule has 5 nitrogen and oxygen atoms in total. The van der Waals surface area contributed by atoms with Crippen molar-refractivity contribution >= 4 is 0 Å². The Bertz CT molecular complexity index is 482. The van der Waals surface area contributed by atoms with Gasteiger partial charge < -0.3 is 14.4 Å². The van der Waals surface area contributed by atoms with Crippen LogP contribution in [-0.4, -0.2) is 15.2 Å². The highest BCUT2D eigenvalue weighted by atomic mass is 16.5. The lowest BCUT2D eigenvalue weighted by atomic mass is 10.2. The Balaban J connectivity index is 2.01. The summed E-state index contributed by atoms with van der Waals surface area (Å²) in [5.74, 6) is 1.74. The summed E-state index contributed by atoms with van der Waals surface area (Å²) in [6.45, 7) is 2.13. The van der Waals surface area contributed by atoms with E-state index in [1.54, 1.807) is 6.07 Å². The third-order valence-corrected chi connectivity index (χ3v) is 2.31. The van der Waals surface area contributed by atoms with Crippen molar-refractivity contribution in [2.24, 2.45) is 0 Å². The Morgan fingerprint density at radius 3 is 2.88 bits per heavy atom. The average molecular weight is 234 g/mol. The van der Waals surface area contributed by atoms with Gasteiger partial charge in [0.1, 0.15) is 5.75 Å².